The van der Waals surface area contributed by atoms with Gasteiger partial charge in [-0.25, -0.2) is 13.1 Å². The van der Waals surface area contributed by atoms with Gasteiger partial charge in [-0.2, -0.15) is 0 Å². The van der Waals surface area contributed by atoms with Crippen LogP contribution in [0.2, 0.25) is 0 Å². The predicted octanol–water partition coefficient (Wildman–Crippen LogP) is 2.08. The number of benzene rings is 2. The molecule has 1 atom stereocenters. The number of nitrogens with one attached hydrogen (secondary N) is 2. The summed E-state index contributed by atoms with van der Waals surface area (Å²) in [6.07, 6.45) is -0.0725. The van der Waals surface area contributed by atoms with E-state index in [0.717, 1.165) is 11.1 Å². The molecule has 0 heterocycles. The molecule has 7 nitrogen and oxygen atoms in total. The van der Waals surface area contributed by atoms with Crippen molar-refractivity contribution in [1.82, 2.24) is 10.0 Å². The summed E-state index contributed by atoms with van der Waals surface area (Å²) >= 11 is 0. The topological polar surface area (TPSA) is 102 Å². The number of aryl methyl sites for hydroxylation is 1. The number of rotatable bonds is 9. The summed E-state index contributed by atoms with van der Waals surface area (Å²) in [6.45, 7) is 1.81. The molecule has 0 aliphatic rings. The van der Waals surface area contributed by atoms with Gasteiger partial charge in [0.2, 0.25) is 15.9 Å². The second kappa shape index (κ2) is 10.0. The average Bonchev–Trinajstić information content (AvgIpc) is 2.68. The van der Waals surface area contributed by atoms with E-state index >= 15 is 0 Å². The van der Waals surface area contributed by atoms with E-state index in [2.05, 4.69) is 14.8 Å². The summed E-state index contributed by atoms with van der Waals surface area (Å²) < 4.78 is 31.6. The molecule has 1 amide bonds. The minimum Gasteiger partial charge on any atom is -0.469 e. The standard InChI is InChI=1S/C20H24N2O5S/c1-15-8-10-17(11-9-15)28(25,26)21-13-12-19(23)22-18(14-20(24)27-2)16-6-4-3-5-7-16/h3-11,18,21H,12-14H2,1-2H3,(H,22,23). The number of methoxy groups -OCH3 is 1. The molecule has 8 heteroatoms. The first kappa shape index (κ1) is 21.6. The third kappa shape index (κ3) is 6.47. The second-order valence-electron chi connectivity index (χ2n) is 6.27. The quantitative estimate of drug-likeness (QED) is 0.623. The average molecular weight is 404 g/mol. The van der Waals surface area contributed by atoms with Crippen LogP contribution in [0.5, 0.6) is 0 Å². The third-order valence-corrected chi connectivity index (χ3v) is 5.59. The Morgan fingerprint density at radius 2 is 1.68 bits per heavy atom. The molecule has 0 bridgehead atoms. The van der Waals surface area contributed by atoms with Gasteiger partial charge in [0.1, 0.15) is 0 Å². The van der Waals surface area contributed by atoms with Crippen LogP contribution in [0.4, 0.5) is 0 Å². The Bertz CT molecular complexity index is 896. The fourth-order valence-electron chi connectivity index (χ4n) is 2.55. The molecule has 150 valence electrons. The van der Waals surface area contributed by atoms with Gasteiger partial charge in [0.15, 0.2) is 0 Å². The van der Waals surface area contributed by atoms with Crippen molar-refractivity contribution in [1.29, 1.82) is 0 Å². The van der Waals surface area contributed by atoms with Crippen molar-refractivity contribution in [3.8, 4) is 0 Å². The molecule has 2 aromatic carbocycles. The lowest BCUT2D eigenvalue weighted by molar-refractivity contribution is -0.141. The number of hydrogen-bond acceptors (Lipinski definition) is 5. The molecule has 0 saturated heterocycles. The van der Waals surface area contributed by atoms with Crippen LogP contribution in [0, 0.1) is 6.92 Å². The van der Waals surface area contributed by atoms with Crippen LogP contribution >= 0.6 is 0 Å². The number of amides is 1. The highest BCUT2D eigenvalue weighted by molar-refractivity contribution is 7.89. The van der Waals surface area contributed by atoms with Crippen LogP contribution in [0.25, 0.3) is 0 Å². The normalized spacial score (nSPS) is 12.2. The van der Waals surface area contributed by atoms with E-state index in [1.807, 2.05) is 25.1 Å². The molecule has 0 fully saturated rings. The molecule has 0 aliphatic heterocycles. The lowest BCUT2D eigenvalue weighted by Gasteiger charge is -2.18. The summed E-state index contributed by atoms with van der Waals surface area (Å²) in [7, 11) is -2.40. The molecule has 1 unspecified atom stereocenters. The van der Waals surface area contributed by atoms with Gasteiger partial charge in [-0.3, -0.25) is 9.59 Å². The van der Waals surface area contributed by atoms with Crippen molar-refractivity contribution in [3.63, 3.8) is 0 Å². The SMILES string of the molecule is COC(=O)CC(NC(=O)CCNS(=O)(=O)c1ccc(C)cc1)c1ccccc1. The Morgan fingerprint density at radius 3 is 2.29 bits per heavy atom. The maximum Gasteiger partial charge on any atom is 0.307 e. The highest BCUT2D eigenvalue weighted by atomic mass is 32.2. The van der Waals surface area contributed by atoms with Gasteiger partial charge in [-0.15, -0.1) is 0 Å². The lowest BCUT2D eigenvalue weighted by Crippen LogP contribution is -2.34. The first-order valence-electron chi connectivity index (χ1n) is 8.79. The van der Waals surface area contributed by atoms with E-state index in [9.17, 15) is 18.0 Å². The van der Waals surface area contributed by atoms with Crippen LogP contribution in [0.15, 0.2) is 59.5 Å². The lowest BCUT2D eigenvalue weighted by atomic mass is 10.0. The van der Waals surface area contributed by atoms with E-state index in [-0.39, 0.29) is 30.2 Å². The maximum absolute atomic E-state index is 12.3. The summed E-state index contributed by atoms with van der Waals surface area (Å²) in [6, 6.07) is 14.9. The third-order valence-electron chi connectivity index (χ3n) is 4.11. The smallest absolute Gasteiger partial charge is 0.307 e. The highest BCUT2D eigenvalue weighted by Gasteiger charge is 2.19. The summed E-state index contributed by atoms with van der Waals surface area (Å²) in [5, 5.41) is 2.76. The number of esters is 1. The van der Waals surface area contributed by atoms with Crippen molar-refractivity contribution in [2.24, 2.45) is 0 Å². The van der Waals surface area contributed by atoms with Crippen LogP contribution in [-0.2, 0) is 24.3 Å². The van der Waals surface area contributed by atoms with E-state index < -0.39 is 22.0 Å². The van der Waals surface area contributed by atoms with Gasteiger partial charge in [0, 0.05) is 13.0 Å². The van der Waals surface area contributed by atoms with Gasteiger partial charge < -0.3 is 10.1 Å². The van der Waals surface area contributed by atoms with E-state index in [4.69, 9.17) is 0 Å². The van der Waals surface area contributed by atoms with Crippen molar-refractivity contribution in [2.45, 2.75) is 30.7 Å². The number of sulfonamides is 1. The molecule has 28 heavy (non-hydrogen) atoms. The zero-order chi connectivity index (χ0) is 20.6. The number of carbonyl (C=O) groups is 2. The first-order valence-corrected chi connectivity index (χ1v) is 10.3. The minimum atomic E-state index is -3.68. The fraction of sp³-hybridized carbons (Fsp3) is 0.300. The molecular formula is C20H24N2O5S. The summed E-state index contributed by atoms with van der Waals surface area (Å²) in [5.41, 5.74) is 1.72. The molecule has 0 spiro atoms. The molecule has 2 aromatic rings. The fourth-order valence-corrected chi connectivity index (χ4v) is 3.59. The van der Waals surface area contributed by atoms with E-state index in [1.54, 1.807) is 24.3 Å². The van der Waals surface area contributed by atoms with Crippen LogP contribution in [0.3, 0.4) is 0 Å². The Labute approximate surface area is 165 Å². The zero-order valence-corrected chi connectivity index (χ0v) is 16.7. The van der Waals surface area contributed by atoms with Gasteiger partial charge in [0.05, 0.1) is 24.5 Å². The number of carbonyl (C=O) groups excluding carboxylic acids is 2. The molecule has 0 radical (unpaired) electrons. The first-order chi connectivity index (χ1) is 13.3. The van der Waals surface area contributed by atoms with Gasteiger partial charge in [0.25, 0.3) is 0 Å². The number of ether oxygens (including phenoxy) is 1. The zero-order valence-electron chi connectivity index (χ0n) is 15.8. The van der Waals surface area contributed by atoms with Crippen LogP contribution < -0.4 is 10.0 Å². The van der Waals surface area contributed by atoms with E-state index in [0.29, 0.717) is 0 Å². The van der Waals surface area contributed by atoms with Crippen LogP contribution in [-0.4, -0.2) is 33.9 Å². The molecule has 0 aromatic heterocycles. The van der Waals surface area contributed by atoms with Crippen molar-refractivity contribution < 1.29 is 22.7 Å². The Morgan fingerprint density at radius 1 is 1.04 bits per heavy atom. The Hall–Kier alpha value is -2.71. The summed E-state index contributed by atoms with van der Waals surface area (Å²) in [4.78, 5) is 24.0. The molecule has 0 saturated carbocycles. The largest absolute Gasteiger partial charge is 0.469 e. The second-order valence-corrected chi connectivity index (χ2v) is 8.04. The van der Waals surface area contributed by atoms with Gasteiger partial charge >= 0.3 is 5.97 Å². The molecule has 2 N–H and O–H groups in total. The van der Waals surface area contributed by atoms with Gasteiger partial charge in [-0.05, 0) is 24.6 Å². The Kier molecular flexibility index (Phi) is 7.71. The maximum atomic E-state index is 12.3. The summed E-state index contributed by atoms with van der Waals surface area (Å²) in [5.74, 6) is -0.821. The number of hydrogen-bond donors (Lipinski definition) is 2. The highest BCUT2D eigenvalue weighted by Crippen LogP contribution is 2.17. The molecule has 2 rings (SSSR count). The minimum absolute atomic E-state index is 0.0126. The van der Waals surface area contributed by atoms with Crippen LogP contribution in [0.1, 0.15) is 30.0 Å². The van der Waals surface area contributed by atoms with Crippen molar-refractivity contribution in [3.05, 3.63) is 65.7 Å². The van der Waals surface area contributed by atoms with Crippen molar-refractivity contribution in [2.75, 3.05) is 13.7 Å². The molecule has 0 aliphatic carbocycles. The van der Waals surface area contributed by atoms with Gasteiger partial charge in [-0.1, -0.05) is 48.0 Å². The molecular weight excluding hydrogens is 380 g/mol. The van der Waals surface area contributed by atoms with Crippen molar-refractivity contribution >= 4 is 21.9 Å². The van der Waals surface area contributed by atoms with E-state index in [1.165, 1.54) is 19.2 Å². The predicted molar refractivity (Wildman–Crippen MR) is 105 cm³/mol. The Balaban J connectivity index is 1.93. The monoisotopic (exact) mass is 404 g/mol.